The highest BCUT2D eigenvalue weighted by molar-refractivity contribution is 9.10. The highest BCUT2D eigenvalue weighted by Crippen LogP contribution is 2.40. The average molecular weight is 492 g/mol. The molecule has 0 radical (unpaired) electrons. The number of phenols is 1. The van der Waals surface area contributed by atoms with Crippen LogP contribution in [0.1, 0.15) is 48.7 Å². The molecule has 31 heavy (non-hydrogen) atoms. The van der Waals surface area contributed by atoms with Crippen molar-refractivity contribution in [1.29, 1.82) is 0 Å². The van der Waals surface area contributed by atoms with Gasteiger partial charge in [-0.2, -0.15) is 0 Å². The monoisotopic (exact) mass is 491 g/mol. The molecule has 10 heteroatoms. The number of carbonyl (C=O) groups is 1. The lowest BCUT2D eigenvalue weighted by Crippen LogP contribution is -2.26. The normalized spacial score (nSPS) is 12.5. The number of hydrogen-bond acceptors (Lipinski definition) is 8. The number of furan rings is 1. The van der Waals surface area contributed by atoms with Crippen LogP contribution in [0.25, 0.3) is 0 Å². The average Bonchev–Trinajstić information content (AvgIpc) is 3.29. The molecule has 0 saturated heterocycles. The van der Waals surface area contributed by atoms with Crippen molar-refractivity contribution in [1.82, 2.24) is 15.2 Å². The Morgan fingerprint density at radius 2 is 1.84 bits per heavy atom. The molecule has 1 atom stereocenters. The SMILES string of the molecule is Cc1ccc([C@H](Nc2nonc2Nc2ccc(Br)c(C(=O)N(C)C)c2O)C(C)(C)C)o1. The van der Waals surface area contributed by atoms with Crippen LogP contribution in [-0.2, 0) is 0 Å². The van der Waals surface area contributed by atoms with E-state index < -0.39 is 0 Å². The Kier molecular flexibility index (Phi) is 6.30. The highest BCUT2D eigenvalue weighted by atomic mass is 79.9. The number of nitrogens with one attached hydrogen (secondary N) is 2. The molecule has 0 aliphatic rings. The maximum atomic E-state index is 12.5. The number of phenolic OH excluding ortho intramolecular Hbond substituents is 1. The van der Waals surface area contributed by atoms with Crippen LogP contribution < -0.4 is 10.6 Å². The van der Waals surface area contributed by atoms with Gasteiger partial charge in [0.2, 0.25) is 11.6 Å². The first-order valence-electron chi connectivity index (χ1n) is 9.64. The Morgan fingerprint density at radius 1 is 1.16 bits per heavy atom. The van der Waals surface area contributed by atoms with Crippen molar-refractivity contribution in [3.63, 3.8) is 0 Å². The van der Waals surface area contributed by atoms with E-state index in [4.69, 9.17) is 9.05 Å². The van der Waals surface area contributed by atoms with Crippen molar-refractivity contribution >= 4 is 39.2 Å². The summed E-state index contributed by atoms with van der Waals surface area (Å²) in [4.78, 5) is 13.8. The lowest BCUT2D eigenvalue weighted by Gasteiger charge is -2.29. The zero-order chi connectivity index (χ0) is 22.9. The first-order chi connectivity index (χ1) is 14.5. The largest absolute Gasteiger partial charge is 0.505 e. The zero-order valence-corrected chi connectivity index (χ0v) is 19.9. The predicted molar refractivity (Wildman–Crippen MR) is 121 cm³/mol. The van der Waals surface area contributed by atoms with Crippen LogP contribution in [0.5, 0.6) is 5.75 Å². The van der Waals surface area contributed by atoms with E-state index in [1.54, 1.807) is 26.2 Å². The van der Waals surface area contributed by atoms with Crippen molar-refractivity contribution in [2.45, 2.75) is 33.7 Å². The van der Waals surface area contributed by atoms with Crippen molar-refractivity contribution in [3.8, 4) is 5.75 Å². The molecule has 2 aromatic heterocycles. The fourth-order valence-corrected chi connectivity index (χ4v) is 3.54. The molecule has 166 valence electrons. The van der Waals surface area contributed by atoms with E-state index in [1.807, 2.05) is 19.1 Å². The second kappa shape index (κ2) is 8.62. The summed E-state index contributed by atoms with van der Waals surface area (Å²) in [7, 11) is 3.22. The lowest BCUT2D eigenvalue weighted by molar-refractivity contribution is 0.0824. The summed E-state index contributed by atoms with van der Waals surface area (Å²) < 4.78 is 11.2. The van der Waals surface area contributed by atoms with Crippen molar-refractivity contribution in [2.75, 3.05) is 24.7 Å². The van der Waals surface area contributed by atoms with Gasteiger partial charge in [0, 0.05) is 18.6 Å². The van der Waals surface area contributed by atoms with Crippen LogP contribution in [0.4, 0.5) is 17.3 Å². The lowest BCUT2D eigenvalue weighted by atomic mass is 9.85. The molecule has 0 unspecified atom stereocenters. The molecular formula is C21H26BrN5O4. The predicted octanol–water partition coefficient (Wildman–Crippen LogP) is 5.08. The number of aromatic nitrogens is 2. The molecule has 0 fully saturated rings. The second-order valence-corrected chi connectivity index (χ2v) is 9.35. The van der Waals surface area contributed by atoms with Crippen LogP contribution in [0, 0.1) is 12.3 Å². The molecule has 0 saturated carbocycles. The van der Waals surface area contributed by atoms with Gasteiger partial charge in [0.1, 0.15) is 11.5 Å². The molecule has 0 bridgehead atoms. The first kappa shape index (κ1) is 22.7. The molecule has 1 aromatic carbocycles. The summed E-state index contributed by atoms with van der Waals surface area (Å²) in [6.07, 6.45) is 0. The Balaban J connectivity index is 1.92. The number of anilines is 3. The topological polar surface area (TPSA) is 117 Å². The van der Waals surface area contributed by atoms with Gasteiger partial charge in [0.05, 0.1) is 17.3 Å². The number of hydrogen-bond donors (Lipinski definition) is 3. The van der Waals surface area contributed by atoms with Gasteiger partial charge in [-0.3, -0.25) is 4.79 Å². The fourth-order valence-electron chi connectivity index (χ4n) is 3.05. The van der Waals surface area contributed by atoms with Crippen LogP contribution >= 0.6 is 15.9 Å². The Labute approximate surface area is 188 Å². The number of carbonyl (C=O) groups excluding carboxylic acids is 1. The molecule has 0 aliphatic heterocycles. The summed E-state index contributed by atoms with van der Waals surface area (Å²) in [5.41, 5.74) is 0.207. The van der Waals surface area contributed by atoms with E-state index in [2.05, 4.69) is 57.6 Å². The molecule has 1 amide bonds. The molecule has 0 spiro atoms. The zero-order valence-electron chi connectivity index (χ0n) is 18.3. The van der Waals surface area contributed by atoms with E-state index in [0.717, 1.165) is 11.5 Å². The van der Waals surface area contributed by atoms with Gasteiger partial charge in [-0.05, 0) is 62.8 Å². The van der Waals surface area contributed by atoms with Gasteiger partial charge >= 0.3 is 0 Å². The summed E-state index contributed by atoms with van der Waals surface area (Å²) in [5, 5.41) is 24.9. The van der Waals surface area contributed by atoms with E-state index in [9.17, 15) is 9.90 Å². The van der Waals surface area contributed by atoms with E-state index in [1.165, 1.54) is 4.90 Å². The maximum Gasteiger partial charge on any atom is 0.258 e. The standard InChI is InChI=1S/C21H26BrN5O4/c1-11-7-10-14(30-11)17(21(2,3)4)24-19-18(25-31-26-19)23-13-9-8-12(22)15(16(13)28)20(29)27(5)6/h7-10,17,28H,1-6H3,(H,23,25)(H,24,26)/t17-/m0/s1. The van der Waals surface area contributed by atoms with Gasteiger partial charge in [-0.15, -0.1) is 0 Å². The van der Waals surface area contributed by atoms with E-state index in [0.29, 0.717) is 10.3 Å². The third-order valence-corrected chi connectivity index (χ3v) is 5.34. The minimum atomic E-state index is -0.342. The first-order valence-corrected chi connectivity index (χ1v) is 10.4. The molecule has 0 aliphatic carbocycles. The van der Waals surface area contributed by atoms with Gasteiger partial charge < -0.3 is 25.1 Å². The Bertz CT molecular complexity index is 1080. The van der Waals surface area contributed by atoms with Gasteiger partial charge in [-0.1, -0.05) is 20.8 Å². The number of halogens is 1. The molecule has 3 N–H and O–H groups in total. The number of aryl methyl sites for hydroxylation is 1. The number of nitrogens with zero attached hydrogens (tertiary/aromatic N) is 3. The van der Waals surface area contributed by atoms with Crippen LogP contribution in [-0.4, -0.2) is 40.3 Å². The van der Waals surface area contributed by atoms with Gasteiger partial charge in [0.15, 0.2) is 5.75 Å². The van der Waals surface area contributed by atoms with Crippen molar-refractivity contribution in [3.05, 3.63) is 45.8 Å². The minimum Gasteiger partial charge on any atom is -0.505 e. The smallest absolute Gasteiger partial charge is 0.258 e. The second-order valence-electron chi connectivity index (χ2n) is 8.50. The summed E-state index contributed by atoms with van der Waals surface area (Å²) in [6.45, 7) is 8.10. The maximum absolute atomic E-state index is 12.5. The fraction of sp³-hybridized carbons (Fsp3) is 0.381. The number of benzene rings is 1. The Morgan fingerprint density at radius 3 is 2.42 bits per heavy atom. The van der Waals surface area contributed by atoms with Crippen molar-refractivity contribution < 1.29 is 18.9 Å². The van der Waals surface area contributed by atoms with Gasteiger partial charge in [0.25, 0.3) is 5.91 Å². The summed E-state index contributed by atoms with van der Waals surface area (Å²) >= 11 is 3.32. The Hall–Kier alpha value is -3.01. The van der Waals surface area contributed by atoms with Crippen molar-refractivity contribution in [2.24, 2.45) is 5.41 Å². The van der Waals surface area contributed by atoms with Crippen LogP contribution in [0.3, 0.4) is 0 Å². The summed E-state index contributed by atoms with van der Waals surface area (Å²) in [6, 6.07) is 6.89. The third kappa shape index (κ3) is 4.84. The number of aromatic hydroxyl groups is 1. The summed E-state index contributed by atoms with van der Waals surface area (Å²) in [5.74, 6) is 1.61. The highest BCUT2D eigenvalue weighted by Gasteiger charge is 2.31. The molecule has 3 rings (SSSR count). The minimum absolute atomic E-state index is 0.139. The molecule has 2 heterocycles. The van der Waals surface area contributed by atoms with E-state index in [-0.39, 0.29) is 40.2 Å². The number of amides is 1. The quantitative estimate of drug-likeness (QED) is 0.408. The number of rotatable bonds is 6. The van der Waals surface area contributed by atoms with Crippen LogP contribution in [0.15, 0.2) is 37.8 Å². The van der Waals surface area contributed by atoms with Gasteiger partial charge in [-0.25, -0.2) is 4.63 Å². The molecular weight excluding hydrogens is 466 g/mol. The molecule has 3 aromatic rings. The molecule has 9 nitrogen and oxygen atoms in total. The third-order valence-electron chi connectivity index (χ3n) is 4.68. The van der Waals surface area contributed by atoms with Crippen LogP contribution in [0.2, 0.25) is 0 Å². The van der Waals surface area contributed by atoms with E-state index >= 15 is 0 Å².